The number of benzene rings is 1. The number of hydrogen-bond acceptors (Lipinski definition) is 4. The van der Waals surface area contributed by atoms with Gasteiger partial charge in [-0.05, 0) is 30.7 Å². The van der Waals surface area contributed by atoms with E-state index in [1.165, 1.54) is 6.07 Å². The number of rotatable bonds is 4. The Morgan fingerprint density at radius 1 is 1.47 bits per heavy atom. The third-order valence-electron chi connectivity index (χ3n) is 2.05. The second-order valence-electron chi connectivity index (χ2n) is 3.34. The molecule has 2 N–H and O–H groups in total. The molecule has 2 atom stereocenters. The highest BCUT2D eigenvalue weighted by Gasteiger charge is 2.27. The molecule has 17 heavy (non-hydrogen) atoms. The van der Waals surface area contributed by atoms with E-state index in [1.807, 2.05) is 0 Å². The molecule has 0 fully saturated rings. The van der Waals surface area contributed by atoms with Crippen LogP contribution in [0.1, 0.15) is 18.6 Å². The highest BCUT2D eigenvalue weighted by Crippen LogP contribution is 2.26. The number of ether oxygens (including phenoxy) is 1. The predicted molar refractivity (Wildman–Crippen MR) is 66.8 cm³/mol. The Morgan fingerprint density at radius 3 is 2.65 bits per heavy atom. The molecule has 94 valence electrons. The van der Waals surface area contributed by atoms with Gasteiger partial charge in [-0.1, -0.05) is 27.5 Å². The molecular weight excluding hydrogens is 311 g/mol. The maximum absolute atomic E-state index is 11.3. The van der Waals surface area contributed by atoms with Crippen molar-refractivity contribution >= 4 is 33.5 Å². The van der Waals surface area contributed by atoms with Gasteiger partial charge in [-0.2, -0.15) is 0 Å². The summed E-state index contributed by atoms with van der Waals surface area (Å²) in [4.78, 5) is 11.3. The summed E-state index contributed by atoms with van der Waals surface area (Å²) in [6.07, 6.45) is -3.00. The third kappa shape index (κ3) is 3.96. The molecule has 0 aliphatic carbocycles. The van der Waals surface area contributed by atoms with Crippen LogP contribution in [0.3, 0.4) is 0 Å². The van der Waals surface area contributed by atoms with E-state index in [4.69, 9.17) is 11.6 Å². The second-order valence-corrected chi connectivity index (χ2v) is 4.70. The van der Waals surface area contributed by atoms with Crippen LogP contribution in [0.25, 0.3) is 0 Å². The number of hydrogen-bond donors (Lipinski definition) is 2. The molecular formula is C11H12BrClO4. The van der Waals surface area contributed by atoms with Crippen LogP contribution in [-0.4, -0.2) is 28.9 Å². The normalized spacial score (nSPS) is 14.2. The van der Waals surface area contributed by atoms with Gasteiger partial charge < -0.3 is 14.9 Å². The van der Waals surface area contributed by atoms with Crippen LogP contribution in [0.2, 0.25) is 5.02 Å². The SMILES string of the molecule is CCOC(=O)C(O)C(O)c1cc(Cl)cc(Br)c1. The summed E-state index contributed by atoms with van der Waals surface area (Å²) >= 11 is 9.01. The standard InChI is InChI=1S/C11H12BrClO4/c1-2-17-11(16)10(15)9(14)6-3-7(12)5-8(13)4-6/h3-5,9-10,14-15H,2H2,1H3. The number of halogens is 2. The maximum atomic E-state index is 11.3. The number of carbonyl (C=O) groups excluding carboxylic acids is 1. The van der Waals surface area contributed by atoms with Crippen LogP contribution in [0, 0.1) is 0 Å². The lowest BCUT2D eigenvalue weighted by molar-refractivity contribution is -0.159. The van der Waals surface area contributed by atoms with Crippen molar-refractivity contribution in [2.45, 2.75) is 19.1 Å². The fraction of sp³-hybridized carbons (Fsp3) is 0.364. The zero-order chi connectivity index (χ0) is 13.0. The molecule has 0 saturated carbocycles. The first kappa shape index (κ1) is 14.4. The average Bonchev–Trinajstić information content (AvgIpc) is 2.26. The lowest BCUT2D eigenvalue weighted by Crippen LogP contribution is -2.29. The molecule has 0 aliphatic rings. The van der Waals surface area contributed by atoms with Gasteiger partial charge >= 0.3 is 5.97 Å². The summed E-state index contributed by atoms with van der Waals surface area (Å²) in [5.74, 6) is -0.865. The van der Waals surface area contributed by atoms with Crippen LogP contribution < -0.4 is 0 Å². The van der Waals surface area contributed by atoms with Crippen molar-refractivity contribution in [3.05, 3.63) is 33.3 Å². The van der Waals surface area contributed by atoms with Crippen LogP contribution in [-0.2, 0) is 9.53 Å². The quantitative estimate of drug-likeness (QED) is 0.832. The molecule has 0 saturated heterocycles. The highest BCUT2D eigenvalue weighted by molar-refractivity contribution is 9.10. The molecule has 0 spiro atoms. The van der Waals surface area contributed by atoms with Gasteiger partial charge in [0.1, 0.15) is 6.10 Å². The van der Waals surface area contributed by atoms with Crippen molar-refractivity contribution < 1.29 is 19.7 Å². The van der Waals surface area contributed by atoms with Crippen molar-refractivity contribution in [3.63, 3.8) is 0 Å². The molecule has 0 aromatic heterocycles. The number of aliphatic hydroxyl groups excluding tert-OH is 2. The van der Waals surface area contributed by atoms with E-state index in [0.29, 0.717) is 15.1 Å². The van der Waals surface area contributed by atoms with Gasteiger partial charge in [0.25, 0.3) is 0 Å². The second kappa shape index (κ2) is 6.35. The molecule has 0 amide bonds. The lowest BCUT2D eigenvalue weighted by Gasteiger charge is -2.17. The molecule has 0 bridgehead atoms. The summed E-state index contributed by atoms with van der Waals surface area (Å²) in [5.41, 5.74) is 0.338. The highest BCUT2D eigenvalue weighted by atomic mass is 79.9. The average molecular weight is 324 g/mol. The van der Waals surface area contributed by atoms with Crippen LogP contribution in [0.15, 0.2) is 22.7 Å². The first-order valence-corrected chi connectivity index (χ1v) is 6.11. The van der Waals surface area contributed by atoms with E-state index in [1.54, 1.807) is 19.1 Å². The van der Waals surface area contributed by atoms with Gasteiger partial charge in [-0.15, -0.1) is 0 Å². The predicted octanol–water partition coefficient (Wildman–Crippen LogP) is 2.06. The van der Waals surface area contributed by atoms with E-state index in [2.05, 4.69) is 20.7 Å². The molecule has 4 nitrogen and oxygen atoms in total. The molecule has 1 rings (SSSR count). The Balaban J connectivity index is 2.87. The minimum Gasteiger partial charge on any atom is -0.464 e. The fourth-order valence-corrected chi connectivity index (χ4v) is 2.17. The zero-order valence-electron chi connectivity index (χ0n) is 9.06. The van der Waals surface area contributed by atoms with Gasteiger partial charge in [0.2, 0.25) is 0 Å². The van der Waals surface area contributed by atoms with E-state index >= 15 is 0 Å². The Morgan fingerprint density at radius 2 is 2.12 bits per heavy atom. The Kier molecular flexibility index (Phi) is 5.39. The number of aliphatic hydroxyl groups is 2. The van der Waals surface area contributed by atoms with Crippen molar-refractivity contribution in [1.82, 2.24) is 0 Å². The molecule has 6 heteroatoms. The summed E-state index contributed by atoms with van der Waals surface area (Å²) in [6, 6.07) is 4.67. The van der Waals surface area contributed by atoms with Gasteiger partial charge in [0.05, 0.1) is 6.61 Å². The summed E-state index contributed by atoms with van der Waals surface area (Å²) in [5, 5.41) is 19.8. The molecule has 0 aliphatic heterocycles. The summed E-state index contributed by atoms with van der Waals surface area (Å²) in [6.45, 7) is 1.76. The molecule has 2 unspecified atom stereocenters. The molecule has 0 heterocycles. The van der Waals surface area contributed by atoms with Gasteiger partial charge in [-0.25, -0.2) is 4.79 Å². The van der Waals surface area contributed by atoms with Crippen LogP contribution in [0.4, 0.5) is 0 Å². The first-order chi connectivity index (χ1) is 7.95. The molecule has 1 aromatic carbocycles. The van der Waals surface area contributed by atoms with Crippen molar-refractivity contribution in [3.8, 4) is 0 Å². The number of carbonyl (C=O) groups is 1. The summed E-state index contributed by atoms with van der Waals surface area (Å²) in [7, 11) is 0. The van der Waals surface area contributed by atoms with Gasteiger partial charge in [0, 0.05) is 9.50 Å². The van der Waals surface area contributed by atoms with E-state index in [-0.39, 0.29) is 6.61 Å². The first-order valence-electron chi connectivity index (χ1n) is 4.94. The van der Waals surface area contributed by atoms with Crippen LogP contribution >= 0.6 is 27.5 Å². The third-order valence-corrected chi connectivity index (χ3v) is 2.73. The van der Waals surface area contributed by atoms with E-state index in [9.17, 15) is 15.0 Å². The summed E-state index contributed by atoms with van der Waals surface area (Å²) < 4.78 is 5.26. The van der Waals surface area contributed by atoms with Crippen molar-refractivity contribution in [2.24, 2.45) is 0 Å². The zero-order valence-corrected chi connectivity index (χ0v) is 11.4. The minimum absolute atomic E-state index is 0.141. The Labute approximate surface area is 112 Å². The van der Waals surface area contributed by atoms with Gasteiger partial charge in [0.15, 0.2) is 6.10 Å². The van der Waals surface area contributed by atoms with E-state index < -0.39 is 18.2 Å². The molecule has 1 aromatic rings. The fourth-order valence-electron chi connectivity index (χ4n) is 1.28. The van der Waals surface area contributed by atoms with Gasteiger partial charge in [-0.3, -0.25) is 0 Å². The maximum Gasteiger partial charge on any atom is 0.338 e. The minimum atomic E-state index is -1.62. The lowest BCUT2D eigenvalue weighted by atomic mass is 10.0. The Hall–Kier alpha value is -0.620. The molecule has 0 radical (unpaired) electrons. The van der Waals surface area contributed by atoms with E-state index in [0.717, 1.165) is 0 Å². The topological polar surface area (TPSA) is 66.8 Å². The monoisotopic (exact) mass is 322 g/mol. The number of esters is 1. The van der Waals surface area contributed by atoms with Crippen LogP contribution in [0.5, 0.6) is 0 Å². The van der Waals surface area contributed by atoms with Crippen molar-refractivity contribution in [1.29, 1.82) is 0 Å². The largest absolute Gasteiger partial charge is 0.464 e. The Bertz CT molecular complexity index is 390. The van der Waals surface area contributed by atoms with Crippen molar-refractivity contribution in [2.75, 3.05) is 6.61 Å². The smallest absolute Gasteiger partial charge is 0.338 e.